The molecule has 0 aliphatic carbocycles. The minimum atomic E-state index is 0.0446. The molecule has 4 nitrogen and oxygen atoms in total. The number of phenolic OH excluding ortho intramolecular Hbond substituents is 2. The normalized spacial score (nSPS) is 11.1. The summed E-state index contributed by atoms with van der Waals surface area (Å²) in [5.41, 5.74) is 12.3. The van der Waals surface area contributed by atoms with E-state index in [0.29, 0.717) is 27.2 Å². The highest BCUT2D eigenvalue weighted by molar-refractivity contribution is 6.15. The summed E-state index contributed by atoms with van der Waals surface area (Å²) in [5, 5.41) is 22.6. The van der Waals surface area contributed by atoms with Crippen LogP contribution in [0.1, 0.15) is 0 Å². The van der Waals surface area contributed by atoms with Crippen molar-refractivity contribution in [3.05, 3.63) is 36.4 Å². The van der Waals surface area contributed by atoms with Crippen LogP contribution in [-0.4, -0.2) is 10.2 Å². The SMILES string of the molecule is Nc1ccc2c(O)c3ccccc3c(O)c2c1N. The molecule has 0 heterocycles. The molecule has 0 amide bonds. The van der Waals surface area contributed by atoms with E-state index in [2.05, 4.69) is 0 Å². The van der Waals surface area contributed by atoms with Gasteiger partial charge in [-0.2, -0.15) is 0 Å². The van der Waals surface area contributed by atoms with E-state index in [9.17, 15) is 10.2 Å². The fourth-order valence-electron chi connectivity index (χ4n) is 2.26. The van der Waals surface area contributed by atoms with E-state index in [1.807, 2.05) is 0 Å². The lowest BCUT2D eigenvalue weighted by Gasteiger charge is -2.12. The van der Waals surface area contributed by atoms with E-state index in [1.54, 1.807) is 36.4 Å². The summed E-state index contributed by atoms with van der Waals surface area (Å²) in [6, 6.07) is 10.3. The number of nitrogen functional groups attached to an aromatic ring is 2. The fraction of sp³-hybridized carbons (Fsp3) is 0. The van der Waals surface area contributed by atoms with Crippen molar-refractivity contribution in [3.8, 4) is 11.5 Å². The number of fused-ring (bicyclic) bond motifs is 2. The topological polar surface area (TPSA) is 92.5 Å². The third-order valence-corrected chi connectivity index (χ3v) is 3.21. The zero-order valence-electron chi connectivity index (χ0n) is 9.51. The van der Waals surface area contributed by atoms with Crippen molar-refractivity contribution in [1.29, 1.82) is 0 Å². The van der Waals surface area contributed by atoms with Crippen LogP contribution in [0.25, 0.3) is 21.5 Å². The molecule has 3 rings (SSSR count). The molecule has 0 fully saturated rings. The maximum absolute atomic E-state index is 10.3. The van der Waals surface area contributed by atoms with Crippen molar-refractivity contribution in [3.63, 3.8) is 0 Å². The summed E-state index contributed by atoms with van der Waals surface area (Å²) in [7, 11) is 0. The molecule has 3 aromatic carbocycles. The summed E-state index contributed by atoms with van der Waals surface area (Å²) in [5.74, 6) is 0.147. The molecule has 0 aliphatic heterocycles. The summed E-state index contributed by atoms with van der Waals surface area (Å²) in [6.07, 6.45) is 0. The fourth-order valence-corrected chi connectivity index (χ4v) is 2.26. The van der Waals surface area contributed by atoms with Crippen LogP contribution in [0.5, 0.6) is 11.5 Å². The predicted molar refractivity (Wildman–Crippen MR) is 73.6 cm³/mol. The lowest BCUT2D eigenvalue weighted by molar-refractivity contribution is 0.478. The maximum atomic E-state index is 10.3. The number of rotatable bonds is 0. The molecule has 0 unspecified atom stereocenters. The van der Waals surface area contributed by atoms with Crippen LogP contribution in [0.2, 0.25) is 0 Å². The molecule has 4 heteroatoms. The Morgan fingerprint density at radius 2 is 1.33 bits per heavy atom. The number of benzene rings is 3. The van der Waals surface area contributed by atoms with Crippen LogP contribution in [0.3, 0.4) is 0 Å². The highest BCUT2D eigenvalue weighted by Crippen LogP contribution is 2.44. The van der Waals surface area contributed by atoms with Crippen molar-refractivity contribution in [2.45, 2.75) is 0 Å². The second-order valence-corrected chi connectivity index (χ2v) is 4.23. The minimum Gasteiger partial charge on any atom is -0.507 e. The van der Waals surface area contributed by atoms with Gasteiger partial charge in [0.05, 0.1) is 16.8 Å². The molecule has 0 aliphatic rings. The Balaban J connectivity index is 2.67. The van der Waals surface area contributed by atoms with Gasteiger partial charge in [-0.25, -0.2) is 0 Å². The van der Waals surface area contributed by atoms with Gasteiger partial charge < -0.3 is 21.7 Å². The van der Waals surface area contributed by atoms with E-state index in [4.69, 9.17) is 11.5 Å². The zero-order chi connectivity index (χ0) is 12.9. The van der Waals surface area contributed by atoms with E-state index >= 15 is 0 Å². The molecule has 0 radical (unpaired) electrons. The van der Waals surface area contributed by atoms with Crippen molar-refractivity contribution < 1.29 is 10.2 Å². The quantitative estimate of drug-likeness (QED) is 0.276. The molecule has 0 atom stereocenters. The first kappa shape index (κ1) is 10.5. The van der Waals surface area contributed by atoms with E-state index < -0.39 is 0 Å². The maximum Gasteiger partial charge on any atom is 0.133 e. The van der Waals surface area contributed by atoms with Crippen LogP contribution in [0, 0.1) is 0 Å². The summed E-state index contributed by atoms with van der Waals surface area (Å²) >= 11 is 0. The van der Waals surface area contributed by atoms with Crippen LogP contribution < -0.4 is 11.5 Å². The molecular formula is C14H12N2O2. The molecule has 3 aromatic rings. The molecule has 0 spiro atoms. The summed E-state index contributed by atoms with van der Waals surface area (Å²) in [6.45, 7) is 0. The van der Waals surface area contributed by atoms with Crippen LogP contribution in [0.15, 0.2) is 36.4 Å². The zero-order valence-corrected chi connectivity index (χ0v) is 9.51. The molecule has 90 valence electrons. The van der Waals surface area contributed by atoms with Gasteiger partial charge >= 0.3 is 0 Å². The lowest BCUT2D eigenvalue weighted by Crippen LogP contribution is -1.96. The first-order chi connectivity index (χ1) is 8.61. The Bertz CT molecular complexity index is 782. The molecule has 0 bridgehead atoms. The Hall–Kier alpha value is -2.62. The highest BCUT2D eigenvalue weighted by Gasteiger charge is 2.15. The summed E-state index contributed by atoms with van der Waals surface area (Å²) in [4.78, 5) is 0. The van der Waals surface area contributed by atoms with Crippen LogP contribution in [0.4, 0.5) is 11.4 Å². The third kappa shape index (κ3) is 1.20. The molecule has 6 N–H and O–H groups in total. The van der Waals surface area contributed by atoms with E-state index in [1.165, 1.54) is 0 Å². The second-order valence-electron chi connectivity index (χ2n) is 4.23. The largest absolute Gasteiger partial charge is 0.507 e. The van der Waals surface area contributed by atoms with E-state index in [0.717, 1.165) is 0 Å². The average molecular weight is 240 g/mol. The Morgan fingerprint density at radius 3 is 2.00 bits per heavy atom. The minimum absolute atomic E-state index is 0.0446. The van der Waals surface area contributed by atoms with Gasteiger partial charge in [0, 0.05) is 16.2 Å². The number of phenols is 2. The molecular weight excluding hydrogens is 228 g/mol. The van der Waals surface area contributed by atoms with Gasteiger partial charge in [-0.1, -0.05) is 24.3 Å². The summed E-state index contributed by atoms with van der Waals surface area (Å²) < 4.78 is 0. The number of hydrogen-bond acceptors (Lipinski definition) is 4. The van der Waals surface area contributed by atoms with Crippen LogP contribution in [-0.2, 0) is 0 Å². The van der Waals surface area contributed by atoms with Crippen LogP contribution >= 0.6 is 0 Å². The average Bonchev–Trinajstić information content (AvgIpc) is 2.39. The molecule has 0 saturated carbocycles. The van der Waals surface area contributed by atoms with Crippen molar-refractivity contribution >= 4 is 32.9 Å². The van der Waals surface area contributed by atoms with Crippen molar-refractivity contribution in [1.82, 2.24) is 0 Å². The Kier molecular flexibility index (Phi) is 2.01. The first-order valence-electron chi connectivity index (χ1n) is 5.51. The standard InChI is InChI=1S/C14H12N2O2/c15-10-6-5-9-11(12(10)16)14(18)8-4-2-1-3-7(8)13(9)17/h1-6,17-18H,15-16H2. The van der Waals surface area contributed by atoms with Gasteiger partial charge in [-0.3, -0.25) is 0 Å². The highest BCUT2D eigenvalue weighted by atomic mass is 16.3. The second kappa shape index (κ2) is 3.43. The predicted octanol–water partition coefficient (Wildman–Crippen LogP) is 2.57. The first-order valence-corrected chi connectivity index (χ1v) is 5.51. The van der Waals surface area contributed by atoms with Crippen molar-refractivity contribution in [2.24, 2.45) is 0 Å². The Labute approximate surface area is 103 Å². The van der Waals surface area contributed by atoms with Gasteiger partial charge in [0.25, 0.3) is 0 Å². The Morgan fingerprint density at radius 1 is 0.722 bits per heavy atom. The molecule has 0 saturated heterocycles. The number of hydrogen-bond donors (Lipinski definition) is 4. The number of aromatic hydroxyl groups is 2. The van der Waals surface area contributed by atoms with Gasteiger partial charge in [0.15, 0.2) is 0 Å². The lowest BCUT2D eigenvalue weighted by atomic mass is 9.99. The van der Waals surface area contributed by atoms with Gasteiger partial charge in [-0.05, 0) is 12.1 Å². The monoisotopic (exact) mass is 240 g/mol. The number of nitrogens with two attached hydrogens (primary N) is 2. The van der Waals surface area contributed by atoms with Crippen molar-refractivity contribution in [2.75, 3.05) is 11.5 Å². The number of anilines is 2. The smallest absolute Gasteiger partial charge is 0.133 e. The molecule has 0 aromatic heterocycles. The molecule has 18 heavy (non-hydrogen) atoms. The van der Waals surface area contributed by atoms with Gasteiger partial charge in [0.1, 0.15) is 11.5 Å². The van der Waals surface area contributed by atoms with Gasteiger partial charge in [0.2, 0.25) is 0 Å². The third-order valence-electron chi connectivity index (χ3n) is 3.21. The van der Waals surface area contributed by atoms with Gasteiger partial charge in [-0.15, -0.1) is 0 Å². The van der Waals surface area contributed by atoms with E-state index in [-0.39, 0.29) is 17.2 Å².